The maximum Gasteiger partial charge on any atom is 0.326 e. The Kier molecular flexibility index (Phi) is 5.59. The molecule has 0 aliphatic carbocycles. The number of amides is 1. The summed E-state index contributed by atoms with van der Waals surface area (Å²) in [6.45, 7) is 7.60. The van der Waals surface area contributed by atoms with Gasteiger partial charge < -0.3 is 10.4 Å². The number of likely N-dealkylation sites (tertiary alicyclic amines) is 1. The van der Waals surface area contributed by atoms with Crippen molar-refractivity contribution in [3.05, 3.63) is 0 Å². The highest BCUT2D eigenvalue weighted by Crippen LogP contribution is 2.12. The third-order valence-corrected chi connectivity index (χ3v) is 3.39. The molecule has 1 saturated heterocycles. The monoisotopic (exact) mass is 256 g/mol. The molecule has 1 aliphatic rings. The van der Waals surface area contributed by atoms with E-state index in [4.69, 9.17) is 5.11 Å². The molecule has 0 radical (unpaired) electrons. The number of hydrogen-bond donors (Lipinski definition) is 2. The molecule has 0 saturated carbocycles. The maximum absolute atomic E-state index is 12.0. The summed E-state index contributed by atoms with van der Waals surface area (Å²) in [5.41, 5.74) is 0. The second kappa shape index (κ2) is 6.73. The molecule has 18 heavy (non-hydrogen) atoms. The van der Waals surface area contributed by atoms with Gasteiger partial charge in [0.1, 0.15) is 6.04 Å². The van der Waals surface area contributed by atoms with E-state index in [2.05, 4.69) is 10.2 Å². The van der Waals surface area contributed by atoms with E-state index in [1.807, 2.05) is 20.8 Å². The number of aliphatic carboxylic acids is 1. The number of hydrogen-bond acceptors (Lipinski definition) is 3. The van der Waals surface area contributed by atoms with Crippen LogP contribution in [-0.4, -0.2) is 47.1 Å². The lowest BCUT2D eigenvalue weighted by atomic mass is 10.0. The van der Waals surface area contributed by atoms with Gasteiger partial charge in [0.2, 0.25) is 5.91 Å². The molecule has 0 bridgehead atoms. The summed E-state index contributed by atoms with van der Waals surface area (Å²) in [5.74, 6) is -0.885. The van der Waals surface area contributed by atoms with Crippen LogP contribution in [0.2, 0.25) is 0 Å². The Balaban J connectivity index is 2.51. The topological polar surface area (TPSA) is 69.6 Å². The van der Waals surface area contributed by atoms with Crippen LogP contribution in [-0.2, 0) is 9.59 Å². The lowest BCUT2D eigenvalue weighted by molar-refractivity contribution is -0.143. The van der Waals surface area contributed by atoms with Gasteiger partial charge in [-0.3, -0.25) is 9.69 Å². The quantitative estimate of drug-likeness (QED) is 0.746. The van der Waals surface area contributed by atoms with E-state index < -0.39 is 12.0 Å². The highest BCUT2D eigenvalue weighted by molar-refractivity contribution is 5.86. The second-order valence-corrected chi connectivity index (χ2v) is 5.45. The van der Waals surface area contributed by atoms with Crippen molar-refractivity contribution in [2.24, 2.45) is 5.92 Å². The zero-order valence-corrected chi connectivity index (χ0v) is 11.5. The van der Waals surface area contributed by atoms with Gasteiger partial charge in [-0.1, -0.05) is 13.8 Å². The van der Waals surface area contributed by atoms with Gasteiger partial charge in [0.15, 0.2) is 0 Å². The number of carbonyl (C=O) groups is 2. The first-order valence-corrected chi connectivity index (χ1v) is 6.69. The summed E-state index contributed by atoms with van der Waals surface area (Å²) in [5, 5.41) is 11.7. The number of carboxylic acids is 1. The molecule has 1 aliphatic heterocycles. The number of nitrogens with one attached hydrogen (secondary N) is 1. The van der Waals surface area contributed by atoms with Crippen LogP contribution < -0.4 is 5.32 Å². The van der Waals surface area contributed by atoms with Gasteiger partial charge in [0.05, 0.1) is 6.04 Å². The van der Waals surface area contributed by atoms with Gasteiger partial charge in [-0.25, -0.2) is 4.79 Å². The number of carbonyl (C=O) groups excluding carboxylic acids is 1. The third kappa shape index (κ3) is 4.29. The van der Waals surface area contributed by atoms with Crippen molar-refractivity contribution in [3.63, 3.8) is 0 Å². The Bertz CT molecular complexity index is 299. The average Bonchev–Trinajstić information content (AvgIpc) is 2.79. The summed E-state index contributed by atoms with van der Waals surface area (Å²) in [7, 11) is 0. The van der Waals surface area contributed by atoms with Gasteiger partial charge >= 0.3 is 5.97 Å². The Hall–Kier alpha value is -1.10. The first-order valence-electron chi connectivity index (χ1n) is 6.69. The van der Waals surface area contributed by atoms with Crippen molar-refractivity contribution >= 4 is 11.9 Å². The fourth-order valence-electron chi connectivity index (χ4n) is 2.28. The van der Waals surface area contributed by atoms with E-state index in [1.165, 1.54) is 0 Å². The molecule has 0 aromatic heterocycles. The van der Waals surface area contributed by atoms with Crippen molar-refractivity contribution in [1.29, 1.82) is 0 Å². The zero-order valence-electron chi connectivity index (χ0n) is 11.5. The molecular formula is C13H24N2O3. The molecule has 5 heteroatoms. The van der Waals surface area contributed by atoms with Crippen LogP contribution in [0, 0.1) is 5.92 Å². The minimum absolute atomic E-state index is 0.176. The highest BCUT2D eigenvalue weighted by atomic mass is 16.4. The Labute approximate surface area is 109 Å². The normalized spacial score (nSPS) is 19.8. The van der Waals surface area contributed by atoms with Crippen molar-refractivity contribution in [2.45, 2.75) is 52.1 Å². The van der Waals surface area contributed by atoms with E-state index in [0.717, 1.165) is 25.9 Å². The Morgan fingerprint density at radius 1 is 1.22 bits per heavy atom. The maximum atomic E-state index is 12.0. The van der Waals surface area contributed by atoms with Gasteiger partial charge in [-0.2, -0.15) is 0 Å². The van der Waals surface area contributed by atoms with E-state index in [9.17, 15) is 9.59 Å². The minimum Gasteiger partial charge on any atom is -0.480 e. The smallest absolute Gasteiger partial charge is 0.326 e. The molecule has 1 fully saturated rings. The molecule has 0 aromatic rings. The summed E-state index contributed by atoms with van der Waals surface area (Å²) in [6.07, 6.45) is 2.70. The second-order valence-electron chi connectivity index (χ2n) is 5.45. The van der Waals surface area contributed by atoms with Gasteiger partial charge in [0, 0.05) is 0 Å². The predicted molar refractivity (Wildman–Crippen MR) is 69.3 cm³/mol. The SMILES string of the molecule is CC(C)CC(NC(=O)C(C)N1CCCC1)C(=O)O. The molecule has 2 atom stereocenters. The molecule has 104 valence electrons. The minimum atomic E-state index is -0.953. The molecule has 5 nitrogen and oxygen atoms in total. The summed E-state index contributed by atoms with van der Waals surface area (Å²) in [6, 6.07) is -1.01. The summed E-state index contributed by atoms with van der Waals surface area (Å²) in [4.78, 5) is 25.2. The summed E-state index contributed by atoms with van der Waals surface area (Å²) >= 11 is 0. The number of rotatable bonds is 6. The summed E-state index contributed by atoms with van der Waals surface area (Å²) < 4.78 is 0. The standard InChI is InChI=1S/C13H24N2O3/c1-9(2)8-11(13(17)18)14-12(16)10(3)15-6-4-5-7-15/h9-11H,4-8H2,1-3H3,(H,14,16)(H,17,18). The van der Waals surface area contributed by atoms with Crippen LogP contribution in [0.4, 0.5) is 0 Å². The molecule has 2 N–H and O–H groups in total. The fraction of sp³-hybridized carbons (Fsp3) is 0.846. The highest BCUT2D eigenvalue weighted by Gasteiger charge is 2.28. The molecule has 1 amide bonds. The molecular weight excluding hydrogens is 232 g/mol. The Morgan fingerprint density at radius 2 is 1.78 bits per heavy atom. The van der Waals surface area contributed by atoms with Gasteiger partial charge in [-0.05, 0) is 45.2 Å². The van der Waals surface area contributed by atoms with E-state index in [-0.39, 0.29) is 17.9 Å². The first-order chi connectivity index (χ1) is 8.41. The third-order valence-electron chi connectivity index (χ3n) is 3.39. The van der Waals surface area contributed by atoms with Crippen molar-refractivity contribution in [2.75, 3.05) is 13.1 Å². The van der Waals surface area contributed by atoms with E-state index in [1.54, 1.807) is 0 Å². The lowest BCUT2D eigenvalue weighted by Gasteiger charge is -2.25. The van der Waals surface area contributed by atoms with Crippen LogP contribution in [0.15, 0.2) is 0 Å². The van der Waals surface area contributed by atoms with E-state index in [0.29, 0.717) is 6.42 Å². The van der Waals surface area contributed by atoms with Crippen molar-refractivity contribution in [1.82, 2.24) is 10.2 Å². The molecule has 1 rings (SSSR count). The van der Waals surface area contributed by atoms with Crippen LogP contribution in [0.3, 0.4) is 0 Å². The molecule has 0 aromatic carbocycles. The van der Waals surface area contributed by atoms with Crippen molar-refractivity contribution in [3.8, 4) is 0 Å². The number of carboxylic acid groups (broad SMARTS) is 1. The predicted octanol–water partition coefficient (Wildman–Crippen LogP) is 1.09. The Morgan fingerprint density at radius 3 is 2.22 bits per heavy atom. The van der Waals surface area contributed by atoms with Crippen LogP contribution in [0.5, 0.6) is 0 Å². The molecule has 0 spiro atoms. The van der Waals surface area contributed by atoms with Crippen LogP contribution in [0.1, 0.15) is 40.0 Å². The fourth-order valence-corrected chi connectivity index (χ4v) is 2.28. The van der Waals surface area contributed by atoms with Crippen LogP contribution in [0.25, 0.3) is 0 Å². The lowest BCUT2D eigenvalue weighted by Crippen LogP contribution is -2.50. The van der Waals surface area contributed by atoms with Gasteiger partial charge in [-0.15, -0.1) is 0 Å². The van der Waals surface area contributed by atoms with Crippen molar-refractivity contribution < 1.29 is 14.7 Å². The largest absolute Gasteiger partial charge is 0.480 e. The molecule has 2 unspecified atom stereocenters. The average molecular weight is 256 g/mol. The van der Waals surface area contributed by atoms with E-state index >= 15 is 0 Å². The van der Waals surface area contributed by atoms with Gasteiger partial charge in [0.25, 0.3) is 0 Å². The first kappa shape index (κ1) is 15.0. The zero-order chi connectivity index (χ0) is 13.7. The number of nitrogens with zero attached hydrogens (tertiary/aromatic N) is 1. The van der Waals surface area contributed by atoms with Crippen LogP contribution >= 0.6 is 0 Å². The molecule has 1 heterocycles.